The van der Waals surface area contributed by atoms with E-state index in [-0.39, 0.29) is 0 Å². The van der Waals surface area contributed by atoms with E-state index in [2.05, 4.69) is 20.6 Å². The van der Waals surface area contributed by atoms with E-state index >= 15 is 0 Å². The zero-order valence-electron chi connectivity index (χ0n) is 15.2. The Hall–Kier alpha value is -2.22. The van der Waals surface area contributed by atoms with Crippen molar-refractivity contribution < 1.29 is 13.5 Å². The van der Waals surface area contributed by atoms with Gasteiger partial charge in [-0.1, -0.05) is 12.1 Å². The molecule has 0 spiro atoms. The summed E-state index contributed by atoms with van der Waals surface area (Å²) in [5.41, 5.74) is 1.92. The number of aromatic nitrogens is 1. The van der Waals surface area contributed by atoms with Crippen LogP contribution in [-0.2, 0) is 13.1 Å². The van der Waals surface area contributed by atoms with E-state index in [1.165, 1.54) is 4.88 Å². The molecular formula is C18H24F2N4OS. The maximum absolute atomic E-state index is 12.2. The maximum atomic E-state index is 12.2. The van der Waals surface area contributed by atoms with Crippen LogP contribution in [0.1, 0.15) is 28.1 Å². The summed E-state index contributed by atoms with van der Waals surface area (Å²) in [6.07, 6.45) is -2.49. The Morgan fingerprint density at radius 3 is 2.77 bits per heavy atom. The van der Waals surface area contributed by atoms with E-state index in [9.17, 15) is 8.78 Å². The Morgan fingerprint density at radius 1 is 1.31 bits per heavy atom. The first-order valence-electron chi connectivity index (χ1n) is 8.43. The molecule has 0 aliphatic heterocycles. The Labute approximate surface area is 156 Å². The average molecular weight is 382 g/mol. The van der Waals surface area contributed by atoms with Gasteiger partial charge in [0.2, 0.25) is 0 Å². The molecule has 0 amide bonds. The van der Waals surface area contributed by atoms with Gasteiger partial charge in [-0.2, -0.15) is 0 Å². The van der Waals surface area contributed by atoms with Crippen molar-refractivity contribution >= 4 is 17.3 Å². The molecular weight excluding hydrogens is 358 g/mol. The number of aryl methyl sites for hydroxylation is 2. The number of hydrogen-bond donors (Lipinski definition) is 2. The van der Waals surface area contributed by atoms with Crippen LogP contribution in [0, 0.1) is 13.8 Å². The van der Waals surface area contributed by atoms with Crippen molar-refractivity contribution in [1.29, 1.82) is 0 Å². The fourth-order valence-electron chi connectivity index (χ4n) is 2.31. The van der Waals surface area contributed by atoms with Crippen LogP contribution in [0.3, 0.4) is 0 Å². The normalized spacial score (nSPS) is 11.7. The van der Waals surface area contributed by atoms with Gasteiger partial charge in [0, 0.05) is 11.4 Å². The molecule has 0 saturated heterocycles. The standard InChI is InChI=1S/C18H24F2N4OS/c1-4-21-18(23-10-16-12(2)24-13(3)26-16)22-9-14-6-5-7-15(8-14)25-11-17(19)20/h5-8,17H,4,9-11H2,1-3H3,(H2,21,22,23). The number of nitrogens with zero attached hydrogens (tertiary/aromatic N) is 2. The molecule has 0 atom stereocenters. The zero-order valence-corrected chi connectivity index (χ0v) is 16.0. The predicted molar refractivity (Wildman–Crippen MR) is 101 cm³/mol. The van der Waals surface area contributed by atoms with Gasteiger partial charge < -0.3 is 15.4 Å². The molecule has 0 bridgehead atoms. The summed E-state index contributed by atoms with van der Waals surface area (Å²) in [6.45, 7) is 7.19. The number of thiazole rings is 1. The van der Waals surface area contributed by atoms with Crippen molar-refractivity contribution in [1.82, 2.24) is 15.6 Å². The first-order chi connectivity index (χ1) is 12.5. The van der Waals surface area contributed by atoms with Crippen LogP contribution in [-0.4, -0.2) is 30.5 Å². The predicted octanol–water partition coefficient (Wildman–Crippen LogP) is 3.66. The third-order valence-corrected chi connectivity index (χ3v) is 4.53. The molecule has 26 heavy (non-hydrogen) atoms. The molecule has 0 unspecified atom stereocenters. The summed E-state index contributed by atoms with van der Waals surface area (Å²) in [5, 5.41) is 7.54. The minimum absolute atomic E-state index is 0.419. The quantitative estimate of drug-likeness (QED) is 0.540. The molecule has 8 heteroatoms. The molecule has 0 aliphatic carbocycles. The van der Waals surface area contributed by atoms with Crippen LogP contribution in [0.15, 0.2) is 29.3 Å². The van der Waals surface area contributed by atoms with Gasteiger partial charge in [-0.25, -0.2) is 18.8 Å². The van der Waals surface area contributed by atoms with Gasteiger partial charge in [-0.05, 0) is 38.5 Å². The van der Waals surface area contributed by atoms with E-state index in [1.54, 1.807) is 29.5 Å². The molecule has 142 valence electrons. The number of halogens is 2. The summed E-state index contributed by atoms with van der Waals surface area (Å²) in [6, 6.07) is 7.05. The summed E-state index contributed by atoms with van der Waals surface area (Å²) in [7, 11) is 0. The van der Waals surface area contributed by atoms with E-state index in [1.807, 2.05) is 26.8 Å². The van der Waals surface area contributed by atoms with Crippen LogP contribution in [0.2, 0.25) is 0 Å². The molecule has 2 N–H and O–H groups in total. The molecule has 2 rings (SSSR count). The van der Waals surface area contributed by atoms with Gasteiger partial charge in [-0.15, -0.1) is 11.3 Å². The van der Waals surface area contributed by atoms with Crippen LogP contribution in [0.4, 0.5) is 8.78 Å². The fourth-order valence-corrected chi connectivity index (χ4v) is 3.18. The Bertz CT molecular complexity index is 734. The second-order valence-corrected chi connectivity index (χ2v) is 6.93. The number of alkyl halides is 2. The lowest BCUT2D eigenvalue weighted by atomic mass is 10.2. The summed E-state index contributed by atoms with van der Waals surface area (Å²) >= 11 is 1.66. The lowest BCUT2D eigenvalue weighted by molar-refractivity contribution is 0.0818. The Kier molecular flexibility index (Phi) is 7.77. The SMILES string of the molecule is CCNC(=NCc1cccc(OCC(F)F)c1)NCc1sc(C)nc1C. The first-order valence-corrected chi connectivity index (χ1v) is 9.24. The number of hydrogen-bond acceptors (Lipinski definition) is 4. The van der Waals surface area contributed by atoms with Crippen LogP contribution in [0.25, 0.3) is 0 Å². The Morgan fingerprint density at radius 2 is 2.12 bits per heavy atom. The summed E-state index contributed by atoms with van der Waals surface area (Å²) in [4.78, 5) is 10.1. The zero-order chi connectivity index (χ0) is 18.9. The fraction of sp³-hybridized carbons (Fsp3) is 0.444. The molecule has 2 aromatic rings. The second kappa shape index (κ2) is 10.1. The van der Waals surface area contributed by atoms with E-state index in [4.69, 9.17) is 4.74 Å². The molecule has 0 radical (unpaired) electrons. The number of ether oxygens (including phenoxy) is 1. The van der Waals surface area contributed by atoms with Crippen molar-refractivity contribution in [2.24, 2.45) is 4.99 Å². The minimum Gasteiger partial charge on any atom is -0.488 e. The van der Waals surface area contributed by atoms with Gasteiger partial charge in [-0.3, -0.25) is 0 Å². The summed E-state index contributed by atoms with van der Waals surface area (Å²) in [5.74, 6) is 1.11. The van der Waals surface area contributed by atoms with Gasteiger partial charge in [0.15, 0.2) is 5.96 Å². The molecule has 5 nitrogen and oxygen atoms in total. The number of guanidine groups is 1. The van der Waals surface area contributed by atoms with Crippen molar-refractivity contribution in [2.75, 3.05) is 13.2 Å². The molecule has 0 aliphatic rings. The molecule has 0 fully saturated rings. The van der Waals surface area contributed by atoms with Gasteiger partial charge in [0.25, 0.3) is 6.43 Å². The smallest absolute Gasteiger partial charge is 0.272 e. The highest BCUT2D eigenvalue weighted by molar-refractivity contribution is 7.11. The number of benzene rings is 1. The molecule has 1 aromatic carbocycles. The second-order valence-electron chi connectivity index (χ2n) is 5.64. The van der Waals surface area contributed by atoms with Crippen LogP contribution >= 0.6 is 11.3 Å². The maximum Gasteiger partial charge on any atom is 0.272 e. The van der Waals surface area contributed by atoms with E-state index < -0.39 is 13.0 Å². The monoisotopic (exact) mass is 382 g/mol. The third kappa shape index (κ3) is 6.59. The largest absolute Gasteiger partial charge is 0.488 e. The van der Waals surface area contributed by atoms with Gasteiger partial charge >= 0.3 is 0 Å². The highest BCUT2D eigenvalue weighted by Gasteiger charge is 2.07. The number of aliphatic imine (C=N–C) groups is 1. The lowest BCUT2D eigenvalue weighted by Gasteiger charge is -2.11. The average Bonchev–Trinajstić information content (AvgIpc) is 2.93. The van der Waals surface area contributed by atoms with Crippen molar-refractivity contribution in [3.8, 4) is 5.75 Å². The highest BCUT2D eigenvalue weighted by atomic mass is 32.1. The number of nitrogens with one attached hydrogen (secondary N) is 2. The Balaban J connectivity index is 1.97. The van der Waals surface area contributed by atoms with Crippen molar-refractivity contribution in [3.05, 3.63) is 45.4 Å². The van der Waals surface area contributed by atoms with Crippen molar-refractivity contribution in [3.63, 3.8) is 0 Å². The summed E-state index contributed by atoms with van der Waals surface area (Å²) < 4.78 is 29.5. The van der Waals surface area contributed by atoms with Gasteiger partial charge in [0.05, 0.1) is 23.8 Å². The molecule has 1 aromatic heterocycles. The molecule has 1 heterocycles. The van der Waals surface area contributed by atoms with E-state index in [0.717, 1.165) is 22.8 Å². The lowest BCUT2D eigenvalue weighted by Crippen LogP contribution is -2.36. The topological polar surface area (TPSA) is 58.5 Å². The van der Waals surface area contributed by atoms with E-state index in [0.29, 0.717) is 24.8 Å². The van der Waals surface area contributed by atoms with Crippen LogP contribution < -0.4 is 15.4 Å². The van der Waals surface area contributed by atoms with Crippen LogP contribution in [0.5, 0.6) is 5.75 Å². The third-order valence-electron chi connectivity index (χ3n) is 3.45. The van der Waals surface area contributed by atoms with Crippen molar-refractivity contribution in [2.45, 2.75) is 40.3 Å². The number of rotatable bonds is 8. The highest BCUT2D eigenvalue weighted by Crippen LogP contribution is 2.17. The van der Waals surface area contributed by atoms with Gasteiger partial charge in [0.1, 0.15) is 12.4 Å². The first kappa shape index (κ1) is 20.1. The molecule has 0 saturated carbocycles. The minimum atomic E-state index is -2.49.